The van der Waals surface area contributed by atoms with Gasteiger partial charge in [-0.15, -0.1) is 0 Å². The van der Waals surface area contributed by atoms with Crippen LogP contribution in [0.4, 0.5) is 11.6 Å². The monoisotopic (exact) mass is 194 g/mol. The standard InChI is InChI=1S/C7H10N6O/c8-6-4-5(10-3-11-6)7(13-12-4)9-1-2-14/h3,14H,1-2H2,(H2,8,10,11)(H2,9,12,13). The van der Waals surface area contributed by atoms with Gasteiger partial charge in [0.1, 0.15) is 17.4 Å². The minimum atomic E-state index is 0.0366. The van der Waals surface area contributed by atoms with E-state index in [1.165, 1.54) is 6.33 Å². The van der Waals surface area contributed by atoms with Crippen LogP contribution in [0.25, 0.3) is 11.0 Å². The number of aliphatic hydroxyl groups is 1. The summed E-state index contributed by atoms with van der Waals surface area (Å²) in [6.07, 6.45) is 1.37. The molecule has 74 valence electrons. The van der Waals surface area contributed by atoms with Crippen molar-refractivity contribution in [3.05, 3.63) is 6.33 Å². The Kier molecular flexibility index (Phi) is 2.15. The summed E-state index contributed by atoms with van der Waals surface area (Å²) in [4.78, 5) is 7.85. The zero-order valence-electron chi connectivity index (χ0n) is 7.36. The average Bonchev–Trinajstić information content (AvgIpc) is 2.60. The number of rotatable bonds is 3. The smallest absolute Gasteiger partial charge is 0.174 e. The second-order valence-corrected chi connectivity index (χ2v) is 2.71. The van der Waals surface area contributed by atoms with E-state index in [0.717, 1.165) is 0 Å². The van der Waals surface area contributed by atoms with Crippen molar-refractivity contribution in [1.29, 1.82) is 0 Å². The van der Waals surface area contributed by atoms with E-state index in [9.17, 15) is 0 Å². The average molecular weight is 194 g/mol. The van der Waals surface area contributed by atoms with E-state index in [1.807, 2.05) is 0 Å². The van der Waals surface area contributed by atoms with Gasteiger partial charge in [0.15, 0.2) is 11.6 Å². The molecule has 0 aliphatic carbocycles. The lowest BCUT2D eigenvalue weighted by Crippen LogP contribution is -2.06. The lowest BCUT2D eigenvalue weighted by atomic mass is 10.4. The predicted molar refractivity (Wildman–Crippen MR) is 51.7 cm³/mol. The number of H-pyrrole nitrogens is 1. The molecule has 0 bridgehead atoms. The van der Waals surface area contributed by atoms with Gasteiger partial charge < -0.3 is 16.2 Å². The van der Waals surface area contributed by atoms with Crippen molar-refractivity contribution in [3.8, 4) is 0 Å². The Balaban J connectivity index is 2.42. The van der Waals surface area contributed by atoms with E-state index in [1.54, 1.807) is 0 Å². The molecule has 0 aliphatic rings. The van der Waals surface area contributed by atoms with Gasteiger partial charge in [0.2, 0.25) is 0 Å². The highest BCUT2D eigenvalue weighted by Crippen LogP contribution is 2.19. The van der Waals surface area contributed by atoms with E-state index in [4.69, 9.17) is 10.8 Å². The second kappa shape index (κ2) is 3.46. The van der Waals surface area contributed by atoms with E-state index < -0.39 is 0 Å². The molecule has 2 heterocycles. The number of aliphatic hydroxyl groups excluding tert-OH is 1. The molecule has 0 radical (unpaired) electrons. The van der Waals surface area contributed by atoms with Gasteiger partial charge >= 0.3 is 0 Å². The van der Waals surface area contributed by atoms with Crippen LogP contribution in [0.1, 0.15) is 0 Å². The van der Waals surface area contributed by atoms with E-state index in [-0.39, 0.29) is 6.61 Å². The first kappa shape index (κ1) is 8.70. The van der Waals surface area contributed by atoms with Crippen LogP contribution in [-0.4, -0.2) is 38.4 Å². The molecule has 5 N–H and O–H groups in total. The van der Waals surface area contributed by atoms with Gasteiger partial charge in [0.05, 0.1) is 6.61 Å². The summed E-state index contributed by atoms with van der Waals surface area (Å²) >= 11 is 0. The van der Waals surface area contributed by atoms with Gasteiger partial charge in [-0.1, -0.05) is 0 Å². The summed E-state index contributed by atoms with van der Waals surface area (Å²) in [6.45, 7) is 0.457. The molecule has 0 amide bonds. The minimum absolute atomic E-state index is 0.0366. The number of anilines is 2. The van der Waals surface area contributed by atoms with Crippen LogP contribution in [0.15, 0.2) is 6.33 Å². The molecule has 0 atom stereocenters. The van der Waals surface area contributed by atoms with Crippen molar-refractivity contribution in [2.45, 2.75) is 0 Å². The van der Waals surface area contributed by atoms with Gasteiger partial charge in [-0.25, -0.2) is 9.97 Å². The summed E-state index contributed by atoms with van der Waals surface area (Å²) in [5.41, 5.74) is 6.83. The molecule has 0 aliphatic heterocycles. The molecular formula is C7H10N6O. The van der Waals surface area contributed by atoms with Crippen LogP contribution in [0.5, 0.6) is 0 Å². The number of nitrogen functional groups attached to an aromatic ring is 1. The van der Waals surface area contributed by atoms with E-state index in [2.05, 4.69) is 25.5 Å². The molecular weight excluding hydrogens is 184 g/mol. The van der Waals surface area contributed by atoms with Crippen molar-refractivity contribution in [1.82, 2.24) is 20.2 Å². The molecule has 7 nitrogen and oxygen atoms in total. The quantitative estimate of drug-likeness (QED) is 0.516. The number of aromatic nitrogens is 4. The minimum Gasteiger partial charge on any atom is -0.395 e. The zero-order valence-corrected chi connectivity index (χ0v) is 7.36. The molecule has 7 heteroatoms. The maximum absolute atomic E-state index is 8.63. The highest BCUT2D eigenvalue weighted by molar-refractivity contribution is 5.91. The lowest BCUT2D eigenvalue weighted by molar-refractivity contribution is 0.311. The van der Waals surface area contributed by atoms with Crippen LogP contribution >= 0.6 is 0 Å². The Morgan fingerprint density at radius 1 is 1.50 bits per heavy atom. The van der Waals surface area contributed by atoms with Gasteiger partial charge in [0.25, 0.3) is 0 Å². The first-order valence-corrected chi connectivity index (χ1v) is 4.12. The molecule has 2 aromatic heterocycles. The number of hydrogen-bond acceptors (Lipinski definition) is 6. The Labute approximate surface area is 79.4 Å². The summed E-state index contributed by atoms with van der Waals surface area (Å²) in [5.74, 6) is 0.933. The van der Waals surface area contributed by atoms with Crippen molar-refractivity contribution in [2.24, 2.45) is 0 Å². The first-order valence-electron chi connectivity index (χ1n) is 4.12. The van der Waals surface area contributed by atoms with Crippen molar-refractivity contribution < 1.29 is 5.11 Å². The van der Waals surface area contributed by atoms with Crippen LogP contribution < -0.4 is 11.1 Å². The Morgan fingerprint density at radius 2 is 2.36 bits per heavy atom. The third-order valence-electron chi connectivity index (χ3n) is 1.78. The largest absolute Gasteiger partial charge is 0.395 e. The SMILES string of the molecule is Nc1ncnc2c(NCCO)n[nH]c12. The van der Waals surface area contributed by atoms with Crippen molar-refractivity contribution in [3.63, 3.8) is 0 Å². The number of fused-ring (bicyclic) bond motifs is 1. The molecule has 0 aromatic carbocycles. The summed E-state index contributed by atoms with van der Waals surface area (Å²) < 4.78 is 0. The van der Waals surface area contributed by atoms with E-state index >= 15 is 0 Å². The van der Waals surface area contributed by atoms with Crippen molar-refractivity contribution in [2.75, 3.05) is 24.2 Å². The third-order valence-corrected chi connectivity index (χ3v) is 1.78. The lowest BCUT2D eigenvalue weighted by Gasteiger charge is -1.98. The Morgan fingerprint density at radius 3 is 3.14 bits per heavy atom. The van der Waals surface area contributed by atoms with Crippen molar-refractivity contribution >= 4 is 22.7 Å². The molecule has 0 saturated heterocycles. The van der Waals surface area contributed by atoms with Gasteiger partial charge in [-0.05, 0) is 0 Å². The van der Waals surface area contributed by atoms with Crippen LogP contribution in [-0.2, 0) is 0 Å². The number of nitrogens with zero attached hydrogens (tertiary/aromatic N) is 3. The summed E-state index contributed by atoms with van der Waals surface area (Å²) in [5, 5.41) is 18.2. The first-order chi connectivity index (χ1) is 6.83. The van der Waals surface area contributed by atoms with Gasteiger partial charge in [-0.3, -0.25) is 5.10 Å². The zero-order chi connectivity index (χ0) is 9.97. The Hall–Kier alpha value is -1.89. The topological polar surface area (TPSA) is 113 Å². The fraction of sp³-hybridized carbons (Fsp3) is 0.286. The third kappa shape index (κ3) is 1.33. The fourth-order valence-corrected chi connectivity index (χ4v) is 1.15. The summed E-state index contributed by atoms with van der Waals surface area (Å²) in [6, 6.07) is 0. The number of nitrogens with two attached hydrogens (primary N) is 1. The molecule has 0 saturated carbocycles. The fourth-order valence-electron chi connectivity index (χ4n) is 1.15. The van der Waals surface area contributed by atoms with Gasteiger partial charge in [0, 0.05) is 6.54 Å². The number of nitrogens with one attached hydrogen (secondary N) is 2. The molecule has 0 spiro atoms. The number of hydrogen-bond donors (Lipinski definition) is 4. The highest BCUT2D eigenvalue weighted by atomic mass is 16.3. The second-order valence-electron chi connectivity index (χ2n) is 2.71. The van der Waals surface area contributed by atoms with Gasteiger partial charge in [-0.2, -0.15) is 5.10 Å². The van der Waals surface area contributed by atoms with Crippen LogP contribution in [0, 0.1) is 0 Å². The molecule has 2 aromatic rings. The maximum atomic E-state index is 8.63. The predicted octanol–water partition coefficient (Wildman–Crippen LogP) is -0.661. The number of aromatic amines is 1. The molecule has 14 heavy (non-hydrogen) atoms. The summed E-state index contributed by atoms with van der Waals surface area (Å²) in [7, 11) is 0. The maximum Gasteiger partial charge on any atom is 0.174 e. The molecule has 2 rings (SSSR count). The Bertz CT molecular complexity index is 439. The van der Waals surface area contributed by atoms with E-state index in [0.29, 0.717) is 29.2 Å². The van der Waals surface area contributed by atoms with Crippen LogP contribution in [0.3, 0.4) is 0 Å². The molecule has 0 unspecified atom stereocenters. The molecule has 0 fully saturated rings. The normalized spacial score (nSPS) is 10.6. The van der Waals surface area contributed by atoms with Crippen LogP contribution in [0.2, 0.25) is 0 Å². The highest BCUT2D eigenvalue weighted by Gasteiger charge is 2.08.